The fourth-order valence-electron chi connectivity index (χ4n) is 2.48. The second-order valence-electron chi connectivity index (χ2n) is 5.05. The number of carbonyl (C=O) groups is 1. The van der Waals surface area contributed by atoms with Gasteiger partial charge in [-0.05, 0) is 6.42 Å². The van der Waals surface area contributed by atoms with Crippen LogP contribution in [0.5, 0.6) is 0 Å². The number of hydrogen-bond donors (Lipinski definition) is 1. The van der Waals surface area contributed by atoms with E-state index in [2.05, 4.69) is 17.1 Å². The summed E-state index contributed by atoms with van der Waals surface area (Å²) in [6, 6.07) is 0.170. The largest absolute Gasteiger partial charge is 0.314 e. The Balaban J connectivity index is 2.07. The van der Waals surface area contributed by atoms with Gasteiger partial charge in [0, 0.05) is 26.2 Å². The van der Waals surface area contributed by atoms with Crippen molar-refractivity contribution in [1.82, 2.24) is 10.2 Å². The van der Waals surface area contributed by atoms with E-state index < -0.39 is 0 Å². The van der Waals surface area contributed by atoms with Gasteiger partial charge in [-0.25, -0.2) is 0 Å². The van der Waals surface area contributed by atoms with E-state index in [4.69, 9.17) is 0 Å². The van der Waals surface area contributed by atoms with Crippen LogP contribution < -0.4 is 5.32 Å². The van der Waals surface area contributed by atoms with Crippen molar-refractivity contribution in [2.75, 3.05) is 26.2 Å². The lowest BCUT2D eigenvalue weighted by Gasteiger charge is -2.31. The van der Waals surface area contributed by atoms with Crippen molar-refractivity contribution in [2.45, 2.75) is 57.9 Å². The van der Waals surface area contributed by atoms with Crippen molar-refractivity contribution < 1.29 is 4.79 Å². The van der Waals surface area contributed by atoms with Crippen LogP contribution in [0.25, 0.3) is 0 Å². The maximum absolute atomic E-state index is 11.1. The number of unbranched alkanes of at least 4 members (excludes halogenated alkanes) is 5. The molecule has 1 unspecified atom stereocenters. The molecule has 0 radical (unpaired) electrons. The van der Waals surface area contributed by atoms with E-state index in [-0.39, 0.29) is 6.04 Å². The van der Waals surface area contributed by atoms with Gasteiger partial charge < -0.3 is 10.1 Å². The molecular formula is C14H28N2O. The van der Waals surface area contributed by atoms with Gasteiger partial charge in [0.1, 0.15) is 6.29 Å². The quantitative estimate of drug-likeness (QED) is 0.495. The predicted molar refractivity (Wildman–Crippen MR) is 72.3 cm³/mol. The van der Waals surface area contributed by atoms with Crippen molar-refractivity contribution in [3.05, 3.63) is 0 Å². The van der Waals surface area contributed by atoms with Crippen LogP contribution in [-0.2, 0) is 4.79 Å². The molecule has 3 nitrogen and oxygen atoms in total. The minimum absolute atomic E-state index is 0.170. The van der Waals surface area contributed by atoms with Gasteiger partial charge in [-0.2, -0.15) is 0 Å². The number of rotatable bonds is 9. The molecular weight excluding hydrogens is 212 g/mol. The van der Waals surface area contributed by atoms with E-state index in [0.29, 0.717) is 0 Å². The highest BCUT2D eigenvalue weighted by Gasteiger charge is 2.18. The molecule has 1 N–H and O–H groups in total. The Morgan fingerprint density at radius 1 is 1.12 bits per heavy atom. The summed E-state index contributed by atoms with van der Waals surface area (Å²) in [6.45, 7) is 6.35. The van der Waals surface area contributed by atoms with Gasteiger partial charge in [-0.3, -0.25) is 4.90 Å². The summed E-state index contributed by atoms with van der Waals surface area (Å²) in [4.78, 5) is 13.4. The van der Waals surface area contributed by atoms with Crippen molar-refractivity contribution in [2.24, 2.45) is 0 Å². The number of piperazine rings is 1. The van der Waals surface area contributed by atoms with Gasteiger partial charge >= 0.3 is 0 Å². The van der Waals surface area contributed by atoms with Crippen molar-refractivity contribution in [1.29, 1.82) is 0 Å². The zero-order valence-electron chi connectivity index (χ0n) is 11.3. The van der Waals surface area contributed by atoms with Gasteiger partial charge in [0.15, 0.2) is 0 Å². The standard InChI is InChI=1S/C14H28N2O/c1-2-3-4-5-6-7-8-14(13-17)16-11-9-15-10-12-16/h13-15H,2-12H2,1H3. The molecule has 0 amide bonds. The third-order valence-corrected chi connectivity index (χ3v) is 3.63. The number of carbonyl (C=O) groups excluding carboxylic acids is 1. The summed E-state index contributed by atoms with van der Waals surface area (Å²) in [5, 5.41) is 3.33. The fourth-order valence-corrected chi connectivity index (χ4v) is 2.48. The Bertz CT molecular complexity index is 191. The van der Waals surface area contributed by atoms with Crippen LogP contribution in [0.2, 0.25) is 0 Å². The van der Waals surface area contributed by atoms with E-state index in [1.54, 1.807) is 0 Å². The molecule has 1 rings (SSSR count). The normalized spacial score (nSPS) is 19.1. The molecule has 0 aliphatic carbocycles. The molecule has 0 spiro atoms. The van der Waals surface area contributed by atoms with Gasteiger partial charge in [0.2, 0.25) is 0 Å². The first kappa shape index (κ1) is 14.7. The molecule has 100 valence electrons. The van der Waals surface area contributed by atoms with Crippen LogP contribution >= 0.6 is 0 Å². The first-order valence-corrected chi connectivity index (χ1v) is 7.28. The number of nitrogens with zero attached hydrogens (tertiary/aromatic N) is 1. The summed E-state index contributed by atoms with van der Waals surface area (Å²) < 4.78 is 0. The zero-order valence-corrected chi connectivity index (χ0v) is 11.3. The molecule has 1 saturated heterocycles. The van der Waals surface area contributed by atoms with E-state index in [1.165, 1.54) is 38.5 Å². The summed E-state index contributed by atoms with van der Waals surface area (Å²) in [5.74, 6) is 0. The second kappa shape index (κ2) is 9.60. The molecule has 0 aromatic heterocycles. The molecule has 1 fully saturated rings. The maximum atomic E-state index is 11.1. The highest BCUT2D eigenvalue weighted by molar-refractivity contribution is 5.57. The fraction of sp³-hybridized carbons (Fsp3) is 0.929. The van der Waals surface area contributed by atoms with Gasteiger partial charge in [0.05, 0.1) is 6.04 Å². The summed E-state index contributed by atoms with van der Waals surface area (Å²) in [6.07, 6.45) is 10.0. The molecule has 1 aliphatic heterocycles. The average Bonchev–Trinajstić information content (AvgIpc) is 2.39. The summed E-state index contributed by atoms with van der Waals surface area (Å²) >= 11 is 0. The Kier molecular flexibility index (Phi) is 8.28. The minimum atomic E-state index is 0.170. The SMILES string of the molecule is CCCCCCCCC(C=O)N1CCNCC1. The van der Waals surface area contributed by atoms with Crippen LogP contribution in [0.15, 0.2) is 0 Å². The highest BCUT2D eigenvalue weighted by atomic mass is 16.1. The Morgan fingerprint density at radius 3 is 2.41 bits per heavy atom. The number of aldehydes is 1. The first-order chi connectivity index (χ1) is 8.38. The predicted octanol–water partition coefficient (Wildman–Crippen LogP) is 2.21. The van der Waals surface area contributed by atoms with Crippen LogP contribution in [0, 0.1) is 0 Å². The number of nitrogens with one attached hydrogen (secondary N) is 1. The van der Waals surface area contributed by atoms with Crippen molar-refractivity contribution in [3.8, 4) is 0 Å². The Morgan fingerprint density at radius 2 is 1.76 bits per heavy atom. The molecule has 1 heterocycles. The third kappa shape index (κ3) is 6.18. The smallest absolute Gasteiger partial charge is 0.137 e. The van der Waals surface area contributed by atoms with E-state index in [0.717, 1.165) is 38.9 Å². The van der Waals surface area contributed by atoms with Crippen LogP contribution in [-0.4, -0.2) is 43.4 Å². The van der Waals surface area contributed by atoms with Gasteiger partial charge in [0.25, 0.3) is 0 Å². The lowest BCUT2D eigenvalue weighted by Crippen LogP contribution is -2.49. The lowest BCUT2D eigenvalue weighted by atomic mass is 10.0. The van der Waals surface area contributed by atoms with Crippen LogP contribution in [0.1, 0.15) is 51.9 Å². The molecule has 0 aromatic carbocycles. The summed E-state index contributed by atoms with van der Waals surface area (Å²) in [7, 11) is 0. The average molecular weight is 240 g/mol. The van der Waals surface area contributed by atoms with Gasteiger partial charge in [-0.1, -0.05) is 45.4 Å². The maximum Gasteiger partial charge on any atom is 0.137 e. The Labute approximate surface area is 106 Å². The highest BCUT2D eigenvalue weighted by Crippen LogP contribution is 2.11. The minimum Gasteiger partial charge on any atom is -0.314 e. The number of hydrogen-bond acceptors (Lipinski definition) is 3. The Hall–Kier alpha value is -0.410. The molecule has 17 heavy (non-hydrogen) atoms. The topological polar surface area (TPSA) is 32.3 Å². The van der Waals surface area contributed by atoms with Gasteiger partial charge in [-0.15, -0.1) is 0 Å². The van der Waals surface area contributed by atoms with Crippen molar-refractivity contribution >= 4 is 6.29 Å². The molecule has 0 aromatic rings. The molecule has 0 saturated carbocycles. The van der Waals surface area contributed by atoms with E-state index in [1.807, 2.05) is 0 Å². The summed E-state index contributed by atoms with van der Waals surface area (Å²) in [5.41, 5.74) is 0. The molecule has 0 bridgehead atoms. The lowest BCUT2D eigenvalue weighted by molar-refractivity contribution is -0.112. The second-order valence-corrected chi connectivity index (χ2v) is 5.05. The molecule has 3 heteroatoms. The monoisotopic (exact) mass is 240 g/mol. The van der Waals surface area contributed by atoms with Crippen LogP contribution in [0.4, 0.5) is 0 Å². The van der Waals surface area contributed by atoms with E-state index >= 15 is 0 Å². The van der Waals surface area contributed by atoms with Crippen molar-refractivity contribution in [3.63, 3.8) is 0 Å². The van der Waals surface area contributed by atoms with E-state index in [9.17, 15) is 4.79 Å². The zero-order chi connectivity index (χ0) is 12.3. The first-order valence-electron chi connectivity index (χ1n) is 7.28. The third-order valence-electron chi connectivity index (χ3n) is 3.63. The molecule has 1 atom stereocenters. The van der Waals surface area contributed by atoms with Crippen LogP contribution in [0.3, 0.4) is 0 Å². The molecule has 1 aliphatic rings.